The molecule has 2 aromatic carbocycles. The first-order valence-electron chi connectivity index (χ1n) is 13.7. The molecule has 2 amide bonds. The smallest absolute Gasteiger partial charge is 0.410 e. The number of ether oxygens (including phenoxy) is 3. The van der Waals surface area contributed by atoms with E-state index in [1.165, 1.54) is 13.3 Å². The molecule has 0 spiro atoms. The summed E-state index contributed by atoms with van der Waals surface area (Å²) in [5, 5.41) is 0. The molecule has 4 rings (SSSR count). The molecule has 0 bridgehead atoms. The van der Waals surface area contributed by atoms with E-state index in [0.29, 0.717) is 44.0 Å². The molecule has 0 aliphatic carbocycles. The topological polar surface area (TPSA) is 97.3 Å². The van der Waals surface area contributed by atoms with Crippen LogP contribution in [0, 0.1) is 0 Å². The van der Waals surface area contributed by atoms with Gasteiger partial charge in [0, 0.05) is 45.6 Å². The molecule has 0 N–H and O–H groups in total. The van der Waals surface area contributed by atoms with Gasteiger partial charge in [0.25, 0.3) is 5.91 Å². The molecule has 10 heteroatoms. The van der Waals surface area contributed by atoms with Crippen molar-refractivity contribution in [1.82, 2.24) is 14.9 Å². The molecular formula is C31H39N5O5. The Hall–Kier alpha value is -4.18. The molecule has 0 saturated heterocycles. The van der Waals surface area contributed by atoms with Gasteiger partial charge in [0.05, 0.1) is 19.8 Å². The van der Waals surface area contributed by atoms with Gasteiger partial charge in [0.2, 0.25) is 0 Å². The predicted octanol–water partition coefficient (Wildman–Crippen LogP) is 5.10. The lowest BCUT2D eigenvalue weighted by atomic mass is 10.1. The quantitative estimate of drug-likeness (QED) is 0.356. The molecule has 1 aromatic heterocycles. The minimum absolute atomic E-state index is 0.169. The van der Waals surface area contributed by atoms with Crippen LogP contribution in [0.4, 0.5) is 16.3 Å². The normalized spacial score (nSPS) is 14.2. The van der Waals surface area contributed by atoms with Crippen LogP contribution in [0.25, 0.3) is 0 Å². The number of amides is 2. The highest BCUT2D eigenvalue weighted by Gasteiger charge is 2.28. The van der Waals surface area contributed by atoms with Crippen molar-refractivity contribution in [3.05, 3.63) is 77.5 Å². The van der Waals surface area contributed by atoms with Crippen LogP contribution in [0.2, 0.25) is 0 Å². The average molecular weight is 562 g/mol. The summed E-state index contributed by atoms with van der Waals surface area (Å²) in [5.41, 5.74) is 2.59. The van der Waals surface area contributed by atoms with Crippen LogP contribution in [-0.4, -0.2) is 73.3 Å². The highest BCUT2D eigenvalue weighted by Crippen LogP contribution is 2.28. The number of anilines is 2. The van der Waals surface area contributed by atoms with Crippen molar-refractivity contribution < 1.29 is 23.8 Å². The van der Waals surface area contributed by atoms with Crippen molar-refractivity contribution in [1.29, 1.82) is 0 Å². The van der Waals surface area contributed by atoms with Crippen molar-refractivity contribution in [2.24, 2.45) is 0 Å². The lowest BCUT2D eigenvalue weighted by Gasteiger charge is -2.26. The van der Waals surface area contributed by atoms with E-state index in [2.05, 4.69) is 9.97 Å². The summed E-state index contributed by atoms with van der Waals surface area (Å²) in [6.45, 7) is 7.44. The highest BCUT2D eigenvalue weighted by atomic mass is 16.6. The van der Waals surface area contributed by atoms with E-state index in [4.69, 9.17) is 14.2 Å². The first-order chi connectivity index (χ1) is 19.6. The fourth-order valence-corrected chi connectivity index (χ4v) is 4.51. The third-order valence-electron chi connectivity index (χ3n) is 6.70. The molecule has 3 aromatic rings. The fraction of sp³-hybridized carbons (Fsp3) is 0.419. The maximum absolute atomic E-state index is 13.5. The molecule has 0 saturated carbocycles. The fourth-order valence-electron chi connectivity index (χ4n) is 4.51. The molecule has 1 atom stereocenters. The summed E-state index contributed by atoms with van der Waals surface area (Å²) >= 11 is 0. The molecule has 1 aliphatic rings. The number of rotatable bonds is 9. The molecule has 0 fully saturated rings. The Morgan fingerprint density at radius 1 is 1.10 bits per heavy atom. The van der Waals surface area contributed by atoms with E-state index < -0.39 is 5.60 Å². The van der Waals surface area contributed by atoms with Crippen LogP contribution < -0.4 is 14.5 Å². The first kappa shape index (κ1) is 29.8. The van der Waals surface area contributed by atoms with E-state index in [1.54, 1.807) is 16.8 Å². The summed E-state index contributed by atoms with van der Waals surface area (Å²) in [4.78, 5) is 39.8. The van der Waals surface area contributed by atoms with E-state index in [1.807, 2.05) is 87.3 Å². The molecule has 41 heavy (non-hydrogen) atoms. The zero-order valence-electron chi connectivity index (χ0n) is 24.7. The van der Waals surface area contributed by atoms with Gasteiger partial charge in [-0.3, -0.25) is 4.79 Å². The summed E-state index contributed by atoms with van der Waals surface area (Å²) in [5.74, 6) is 0.378. The van der Waals surface area contributed by atoms with Gasteiger partial charge in [-0.05, 0) is 50.5 Å². The Kier molecular flexibility index (Phi) is 9.44. The van der Waals surface area contributed by atoms with Crippen molar-refractivity contribution in [3.63, 3.8) is 0 Å². The maximum atomic E-state index is 13.5. The molecule has 0 unspecified atom stereocenters. The minimum Gasteiger partial charge on any atom is -0.467 e. The Labute approximate surface area is 241 Å². The van der Waals surface area contributed by atoms with Crippen molar-refractivity contribution in [3.8, 4) is 6.01 Å². The van der Waals surface area contributed by atoms with Gasteiger partial charge in [0.15, 0.2) is 0 Å². The van der Waals surface area contributed by atoms with Crippen LogP contribution in [-0.2, 0) is 16.1 Å². The van der Waals surface area contributed by atoms with Crippen molar-refractivity contribution >= 4 is 23.5 Å². The minimum atomic E-state index is -0.558. The average Bonchev–Trinajstić information content (AvgIpc) is 3.08. The second-order valence-electron chi connectivity index (χ2n) is 11.0. The third kappa shape index (κ3) is 7.73. The zero-order valence-corrected chi connectivity index (χ0v) is 24.7. The number of benzene rings is 2. The molecule has 1 aliphatic heterocycles. The van der Waals surface area contributed by atoms with Crippen molar-refractivity contribution in [2.45, 2.75) is 45.5 Å². The number of methoxy groups -OCH3 is 1. The van der Waals surface area contributed by atoms with Crippen LogP contribution in [0.15, 0.2) is 60.8 Å². The SMILES string of the molecule is COc1ncc2c(n1)N(C)CCN(c1cccc(CO[C@H](CCN(C)C(=O)OC(C)(C)C)c3ccccc3)c1)C2=O. The highest BCUT2D eigenvalue weighted by molar-refractivity contribution is 6.09. The standard InChI is InChI=1S/C31H39N5O5/c1-31(2,3)41-30(38)35(5)16-15-26(23-12-8-7-9-13-23)40-21-22-11-10-14-24(19-22)36-18-17-34(4)27-25(28(36)37)20-32-29(33-27)39-6/h7-14,19-20,26H,15-18,21H2,1-6H3/t26-/m1/s1. The van der Waals surface area contributed by atoms with E-state index in [0.717, 1.165) is 16.8 Å². The van der Waals surface area contributed by atoms with E-state index in [-0.39, 0.29) is 24.1 Å². The Morgan fingerprint density at radius 3 is 2.56 bits per heavy atom. The summed E-state index contributed by atoms with van der Waals surface area (Å²) in [6.07, 6.45) is 1.51. The molecule has 10 nitrogen and oxygen atoms in total. The zero-order chi connectivity index (χ0) is 29.6. The Bertz CT molecular complexity index is 1340. The van der Waals surface area contributed by atoms with Gasteiger partial charge in [0.1, 0.15) is 17.0 Å². The first-order valence-corrected chi connectivity index (χ1v) is 13.7. The van der Waals surface area contributed by atoms with Gasteiger partial charge in [-0.2, -0.15) is 4.98 Å². The van der Waals surface area contributed by atoms with Gasteiger partial charge in [-0.15, -0.1) is 0 Å². The Morgan fingerprint density at radius 2 is 1.85 bits per heavy atom. The number of likely N-dealkylation sites (N-methyl/N-ethyl adjacent to an activating group) is 1. The number of carbonyl (C=O) groups is 2. The summed E-state index contributed by atoms with van der Waals surface area (Å²) in [6, 6.07) is 18.0. The van der Waals surface area contributed by atoms with Crippen LogP contribution in [0.3, 0.4) is 0 Å². The molecule has 2 heterocycles. The number of carbonyl (C=O) groups excluding carboxylic acids is 2. The monoisotopic (exact) mass is 561 g/mol. The predicted molar refractivity (Wildman–Crippen MR) is 157 cm³/mol. The van der Waals surface area contributed by atoms with Crippen molar-refractivity contribution in [2.75, 3.05) is 50.6 Å². The van der Waals surface area contributed by atoms with Crippen LogP contribution in [0.1, 0.15) is 54.8 Å². The molecule has 0 radical (unpaired) electrons. The largest absolute Gasteiger partial charge is 0.467 e. The number of nitrogens with zero attached hydrogens (tertiary/aromatic N) is 5. The summed E-state index contributed by atoms with van der Waals surface area (Å²) < 4.78 is 17.1. The molecular weight excluding hydrogens is 522 g/mol. The second kappa shape index (κ2) is 13.0. The van der Waals surface area contributed by atoms with Crippen LogP contribution >= 0.6 is 0 Å². The number of hydrogen-bond donors (Lipinski definition) is 0. The number of aromatic nitrogens is 2. The van der Waals surface area contributed by atoms with Gasteiger partial charge in [-0.25, -0.2) is 9.78 Å². The lowest BCUT2D eigenvalue weighted by Crippen LogP contribution is -2.35. The summed E-state index contributed by atoms with van der Waals surface area (Å²) in [7, 11) is 5.13. The van der Waals surface area contributed by atoms with E-state index >= 15 is 0 Å². The van der Waals surface area contributed by atoms with E-state index in [9.17, 15) is 9.59 Å². The van der Waals surface area contributed by atoms with Gasteiger partial charge in [-0.1, -0.05) is 42.5 Å². The lowest BCUT2D eigenvalue weighted by molar-refractivity contribution is 0.0137. The van der Waals surface area contributed by atoms with Crippen LogP contribution in [0.5, 0.6) is 6.01 Å². The van der Waals surface area contributed by atoms with Gasteiger partial charge < -0.3 is 28.9 Å². The number of hydrogen-bond acceptors (Lipinski definition) is 8. The second-order valence-corrected chi connectivity index (χ2v) is 11.0. The number of fused-ring (bicyclic) bond motifs is 1. The third-order valence-corrected chi connectivity index (χ3v) is 6.70. The maximum Gasteiger partial charge on any atom is 0.410 e. The van der Waals surface area contributed by atoms with Gasteiger partial charge >= 0.3 is 12.1 Å². The Balaban J connectivity index is 1.47. The molecule has 218 valence electrons.